The van der Waals surface area contributed by atoms with Gasteiger partial charge in [-0.2, -0.15) is 0 Å². The molecular formula is C12H19N3O2S. The summed E-state index contributed by atoms with van der Waals surface area (Å²) in [4.78, 5) is 0. The van der Waals surface area contributed by atoms with E-state index in [1.165, 1.54) is 12.6 Å². The minimum atomic E-state index is -3.15. The fraction of sp³-hybridized carbons (Fsp3) is 0.500. The van der Waals surface area contributed by atoms with E-state index in [0.717, 1.165) is 12.0 Å². The van der Waals surface area contributed by atoms with Crippen LogP contribution in [0, 0.1) is 0 Å². The predicted molar refractivity (Wildman–Crippen MR) is 71.6 cm³/mol. The summed E-state index contributed by atoms with van der Waals surface area (Å²) >= 11 is 0. The van der Waals surface area contributed by atoms with Crippen molar-refractivity contribution in [3.05, 3.63) is 35.4 Å². The minimum absolute atomic E-state index is 0.0413. The zero-order valence-corrected chi connectivity index (χ0v) is 11.2. The molecule has 1 aliphatic rings. The first-order chi connectivity index (χ1) is 8.53. The van der Waals surface area contributed by atoms with Gasteiger partial charge >= 0.3 is 0 Å². The number of hydrogen-bond donors (Lipinski definition) is 3. The molecule has 100 valence electrons. The Balaban J connectivity index is 1.97. The van der Waals surface area contributed by atoms with Crippen LogP contribution < -0.4 is 15.8 Å². The second kappa shape index (κ2) is 5.36. The molecule has 0 saturated heterocycles. The molecule has 0 aromatic heterocycles. The maximum absolute atomic E-state index is 11.3. The molecule has 0 amide bonds. The molecule has 0 heterocycles. The third-order valence-electron chi connectivity index (χ3n) is 3.33. The zero-order chi connectivity index (χ0) is 13.2. The molecule has 4 N–H and O–H groups in total. The van der Waals surface area contributed by atoms with Crippen LogP contribution in [0.4, 0.5) is 0 Å². The first kappa shape index (κ1) is 13.5. The van der Waals surface area contributed by atoms with Gasteiger partial charge in [-0.25, -0.2) is 13.1 Å². The normalized spacial score (nSPS) is 23.0. The Kier molecular flexibility index (Phi) is 4.01. The molecule has 18 heavy (non-hydrogen) atoms. The van der Waals surface area contributed by atoms with Crippen LogP contribution in [0.1, 0.15) is 29.6 Å². The fourth-order valence-corrected chi connectivity index (χ4v) is 2.93. The van der Waals surface area contributed by atoms with Gasteiger partial charge in [0.15, 0.2) is 0 Å². The Morgan fingerprint density at radius 1 is 1.33 bits per heavy atom. The summed E-state index contributed by atoms with van der Waals surface area (Å²) in [5.74, 6) is 0.0808. The molecule has 0 bridgehead atoms. The average molecular weight is 269 g/mol. The lowest BCUT2D eigenvalue weighted by Crippen LogP contribution is -2.31. The topological polar surface area (TPSA) is 84.2 Å². The lowest BCUT2D eigenvalue weighted by Gasteiger charge is -2.13. The van der Waals surface area contributed by atoms with E-state index in [1.54, 1.807) is 0 Å². The van der Waals surface area contributed by atoms with Gasteiger partial charge in [-0.15, -0.1) is 0 Å². The van der Waals surface area contributed by atoms with E-state index < -0.39 is 10.0 Å². The van der Waals surface area contributed by atoms with E-state index in [2.05, 4.69) is 10.0 Å². The lowest BCUT2D eigenvalue weighted by atomic mass is 10.1. The maximum atomic E-state index is 11.3. The van der Waals surface area contributed by atoms with Crippen LogP contribution in [-0.4, -0.2) is 27.8 Å². The van der Waals surface area contributed by atoms with Gasteiger partial charge in [0.05, 0.1) is 5.75 Å². The second-order valence-corrected chi connectivity index (χ2v) is 6.55. The van der Waals surface area contributed by atoms with Gasteiger partial charge in [0.2, 0.25) is 10.0 Å². The monoisotopic (exact) mass is 269 g/mol. The smallest absolute Gasteiger partial charge is 0.212 e. The fourth-order valence-electron chi connectivity index (χ4n) is 2.34. The van der Waals surface area contributed by atoms with Crippen LogP contribution >= 0.6 is 0 Å². The predicted octanol–water partition coefficient (Wildman–Crippen LogP) is 0.270. The number of nitrogens with two attached hydrogens (primary N) is 1. The molecule has 0 fully saturated rings. The SMILES string of the molecule is CNS(=O)(=O)CCNC1CC(N)c2ccccc21. The molecule has 2 rings (SSSR count). The molecule has 1 aromatic rings. The van der Waals surface area contributed by atoms with Crippen molar-refractivity contribution in [3.63, 3.8) is 0 Å². The Hall–Kier alpha value is -0.950. The molecule has 1 aromatic carbocycles. The number of nitrogens with one attached hydrogen (secondary N) is 2. The number of rotatable bonds is 5. The van der Waals surface area contributed by atoms with Crippen LogP contribution in [0.5, 0.6) is 0 Å². The maximum Gasteiger partial charge on any atom is 0.212 e. The summed E-state index contributed by atoms with van der Waals surface area (Å²) in [5.41, 5.74) is 8.40. The summed E-state index contributed by atoms with van der Waals surface area (Å²) in [5, 5.41) is 3.26. The highest BCUT2D eigenvalue weighted by Crippen LogP contribution is 2.36. The zero-order valence-electron chi connectivity index (χ0n) is 10.4. The molecule has 6 heteroatoms. The summed E-state index contributed by atoms with van der Waals surface area (Å²) in [6.07, 6.45) is 0.818. The molecule has 0 radical (unpaired) electrons. The number of hydrogen-bond acceptors (Lipinski definition) is 4. The quantitative estimate of drug-likeness (QED) is 0.716. The van der Waals surface area contributed by atoms with Gasteiger partial charge in [-0.1, -0.05) is 24.3 Å². The van der Waals surface area contributed by atoms with Gasteiger partial charge in [0.1, 0.15) is 0 Å². The molecule has 2 atom stereocenters. The molecule has 0 spiro atoms. The molecular weight excluding hydrogens is 250 g/mol. The summed E-state index contributed by atoms with van der Waals surface area (Å²) in [6.45, 7) is 0.425. The van der Waals surface area contributed by atoms with E-state index in [-0.39, 0.29) is 17.8 Å². The molecule has 5 nitrogen and oxygen atoms in total. The van der Waals surface area contributed by atoms with E-state index >= 15 is 0 Å². The third-order valence-corrected chi connectivity index (χ3v) is 4.70. The van der Waals surface area contributed by atoms with Crippen molar-refractivity contribution in [3.8, 4) is 0 Å². The van der Waals surface area contributed by atoms with Crippen molar-refractivity contribution in [1.29, 1.82) is 0 Å². The van der Waals surface area contributed by atoms with Gasteiger partial charge < -0.3 is 11.1 Å². The van der Waals surface area contributed by atoms with Crippen LogP contribution in [0.2, 0.25) is 0 Å². The van der Waals surface area contributed by atoms with Crippen molar-refractivity contribution in [2.45, 2.75) is 18.5 Å². The largest absolute Gasteiger partial charge is 0.324 e. The number of benzene rings is 1. The highest BCUT2D eigenvalue weighted by Gasteiger charge is 2.27. The Labute approximate surface area is 108 Å². The molecule has 2 unspecified atom stereocenters. The van der Waals surface area contributed by atoms with Crippen molar-refractivity contribution < 1.29 is 8.42 Å². The first-order valence-electron chi connectivity index (χ1n) is 6.02. The van der Waals surface area contributed by atoms with Crippen molar-refractivity contribution in [2.75, 3.05) is 19.3 Å². The van der Waals surface area contributed by atoms with Crippen molar-refractivity contribution in [2.24, 2.45) is 5.73 Å². The molecule has 1 aliphatic carbocycles. The van der Waals surface area contributed by atoms with Crippen LogP contribution in [0.25, 0.3) is 0 Å². The van der Waals surface area contributed by atoms with Gasteiger partial charge in [0, 0.05) is 18.6 Å². The van der Waals surface area contributed by atoms with Crippen LogP contribution in [0.3, 0.4) is 0 Å². The third kappa shape index (κ3) is 2.89. The average Bonchev–Trinajstić information content (AvgIpc) is 2.67. The van der Waals surface area contributed by atoms with Crippen LogP contribution in [-0.2, 0) is 10.0 Å². The van der Waals surface area contributed by atoms with Gasteiger partial charge in [-0.05, 0) is 24.6 Å². The molecule has 0 saturated carbocycles. The standard InChI is InChI=1S/C12H19N3O2S/c1-14-18(16,17)7-6-15-12-8-11(13)9-4-2-3-5-10(9)12/h2-5,11-12,14-15H,6-8,13H2,1H3. The van der Waals surface area contributed by atoms with E-state index in [1.807, 2.05) is 24.3 Å². The number of fused-ring (bicyclic) bond motifs is 1. The summed E-state index contributed by atoms with van der Waals surface area (Å²) < 4.78 is 24.9. The Morgan fingerprint density at radius 3 is 2.67 bits per heavy atom. The highest BCUT2D eigenvalue weighted by atomic mass is 32.2. The Bertz CT molecular complexity index is 516. The summed E-state index contributed by atoms with van der Waals surface area (Å²) in [6, 6.07) is 8.24. The van der Waals surface area contributed by atoms with E-state index in [4.69, 9.17) is 5.73 Å². The summed E-state index contributed by atoms with van der Waals surface area (Å²) in [7, 11) is -1.72. The van der Waals surface area contributed by atoms with E-state index in [0.29, 0.717) is 6.54 Å². The second-order valence-electron chi connectivity index (χ2n) is 4.50. The van der Waals surface area contributed by atoms with Crippen molar-refractivity contribution >= 4 is 10.0 Å². The lowest BCUT2D eigenvalue weighted by molar-refractivity contribution is 0.509. The van der Waals surface area contributed by atoms with Crippen molar-refractivity contribution in [1.82, 2.24) is 10.0 Å². The van der Waals surface area contributed by atoms with Gasteiger partial charge in [0.25, 0.3) is 0 Å². The minimum Gasteiger partial charge on any atom is -0.324 e. The number of sulfonamides is 1. The van der Waals surface area contributed by atoms with Gasteiger partial charge in [-0.3, -0.25) is 0 Å². The molecule has 0 aliphatic heterocycles. The van der Waals surface area contributed by atoms with E-state index in [9.17, 15) is 8.42 Å². The highest BCUT2D eigenvalue weighted by molar-refractivity contribution is 7.89. The Morgan fingerprint density at radius 2 is 2.00 bits per heavy atom. The van der Waals surface area contributed by atoms with Crippen LogP contribution in [0.15, 0.2) is 24.3 Å². The first-order valence-corrected chi connectivity index (χ1v) is 7.68.